The molecule has 0 radical (unpaired) electrons. The Labute approximate surface area is 135 Å². The van der Waals surface area contributed by atoms with Crippen LogP contribution in [0.4, 0.5) is 0 Å². The number of nitrogens with one attached hydrogen (secondary N) is 2. The first-order chi connectivity index (χ1) is 10.9. The molecule has 0 atom stereocenters. The van der Waals surface area contributed by atoms with E-state index in [9.17, 15) is 16.8 Å². The van der Waals surface area contributed by atoms with Crippen molar-refractivity contribution in [2.75, 3.05) is 12.3 Å². The maximum atomic E-state index is 11.9. The van der Waals surface area contributed by atoms with Crippen molar-refractivity contribution >= 4 is 20.0 Å². The van der Waals surface area contributed by atoms with Crippen LogP contribution in [0.15, 0.2) is 53.1 Å². The number of rotatable bonds is 9. The summed E-state index contributed by atoms with van der Waals surface area (Å²) in [6.45, 7) is -0.158. The first-order valence-corrected chi connectivity index (χ1v) is 10.2. The molecule has 2 N–H and O–H groups in total. The molecular weight excluding hydrogens is 340 g/mol. The number of benzene rings is 1. The quantitative estimate of drug-likeness (QED) is 0.690. The summed E-state index contributed by atoms with van der Waals surface area (Å²) < 4.78 is 57.0. The van der Waals surface area contributed by atoms with Gasteiger partial charge in [-0.3, -0.25) is 0 Å². The van der Waals surface area contributed by atoms with Crippen molar-refractivity contribution in [1.82, 2.24) is 9.44 Å². The van der Waals surface area contributed by atoms with Gasteiger partial charge >= 0.3 is 0 Å². The zero-order valence-corrected chi connectivity index (χ0v) is 13.9. The van der Waals surface area contributed by atoms with Crippen LogP contribution in [0.25, 0.3) is 0 Å². The highest BCUT2D eigenvalue weighted by atomic mass is 32.2. The van der Waals surface area contributed by atoms with Gasteiger partial charge in [-0.1, -0.05) is 30.3 Å². The lowest BCUT2D eigenvalue weighted by Gasteiger charge is -2.08. The van der Waals surface area contributed by atoms with Gasteiger partial charge in [0.1, 0.15) is 5.76 Å². The zero-order valence-electron chi connectivity index (χ0n) is 12.3. The van der Waals surface area contributed by atoms with Crippen molar-refractivity contribution in [3.63, 3.8) is 0 Å². The monoisotopic (exact) mass is 358 g/mol. The molecule has 7 nitrogen and oxygen atoms in total. The Bertz CT molecular complexity index is 800. The molecule has 1 aromatic heterocycles. The highest BCUT2D eigenvalue weighted by Gasteiger charge is 2.15. The third-order valence-corrected chi connectivity index (χ3v) is 5.62. The fourth-order valence-corrected chi connectivity index (χ4v) is 4.00. The SMILES string of the molecule is O=S(=O)(CCNS(=O)(=O)Cc1ccccc1)NCc1ccco1. The summed E-state index contributed by atoms with van der Waals surface area (Å²) in [5.74, 6) is -0.0478. The molecule has 2 rings (SSSR count). The van der Waals surface area contributed by atoms with Crippen LogP contribution in [0.1, 0.15) is 11.3 Å². The van der Waals surface area contributed by atoms with E-state index in [-0.39, 0.29) is 24.6 Å². The minimum absolute atomic E-state index is 0.0338. The molecule has 9 heteroatoms. The van der Waals surface area contributed by atoms with E-state index < -0.39 is 20.0 Å². The van der Waals surface area contributed by atoms with Gasteiger partial charge in [0, 0.05) is 6.54 Å². The Morgan fingerprint density at radius 2 is 1.61 bits per heavy atom. The summed E-state index contributed by atoms with van der Waals surface area (Å²) in [5.41, 5.74) is 0.638. The third kappa shape index (κ3) is 6.53. The maximum Gasteiger partial charge on any atom is 0.215 e. The van der Waals surface area contributed by atoms with E-state index in [1.165, 1.54) is 6.26 Å². The molecule has 126 valence electrons. The van der Waals surface area contributed by atoms with Gasteiger partial charge in [-0.2, -0.15) is 0 Å². The molecule has 0 aliphatic rings. The van der Waals surface area contributed by atoms with Crippen LogP contribution in [-0.4, -0.2) is 29.1 Å². The average Bonchev–Trinajstić information content (AvgIpc) is 2.99. The van der Waals surface area contributed by atoms with E-state index in [1.54, 1.807) is 42.5 Å². The molecule has 0 aliphatic carbocycles. The van der Waals surface area contributed by atoms with E-state index in [1.807, 2.05) is 0 Å². The predicted molar refractivity (Wildman–Crippen MR) is 86.4 cm³/mol. The topological polar surface area (TPSA) is 105 Å². The van der Waals surface area contributed by atoms with Crippen LogP contribution in [0.2, 0.25) is 0 Å². The molecule has 0 unspecified atom stereocenters. The highest BCUT2D eigenvalue weighted by Crippen LogP contribution is 2.04. The first kappa shape index (κ1) is 17.7. The lowest BCUT2D eigenvalue weighted by Crippen LogP contribution is -2.34. The maximum absolute atomic E-state index is 11.9. The molecule has 0 amide bonds. The molecular formula is C14H18N2O5S2. The number of sulfonamides is 2. The Morgan fingerprint density at radius 1 is 0.870 bits per heavy atom. The fourth-order valence-electron chi connectivity index (χ4n) is 1.84. The zero-order chi connectivity index (χ0) is 16.8. The van der Waals surface area contributed by atoms with Crippen LogP contribution in [0.3, 0.4) is 0 Å². The predicted octanol–water partition coefficient (Wildman–Crippen LogP) is 0.819. The fraction of sp³-hybridized carbons (Fsp3) is 0.286. The van der Waals surface area contributed by atoms with Crippen LogP contribution in [-0.2, 0) is 32.3 Å². The lowest BCUT2D eigenvalue weighted by atomic mass is 10.2. The second kappa shape index (κ2) is 7.73. The minimum Gasteiger partial charge on any atom is -0.468 e. The van der Waals surface area contributed by atoms with Crippen molar-refractivity contribution in [3.05, 3.63) is 60.1 Å². The highest BCUT2D eigenvalue weighted by molar-refractivity contribution is 7.90. The second-order valence-electron chi connectivity index (χ2n) is 4.86. The molecule has 1 aromatic carbocycles. The number of hydrogen-bond acceptors (Lipinski definition) is 5. The minimum atomic E-state index is -3.59. The first-order valence-electron chi connectivity index (χ1n) is 6.87. The van der Waals surface area contributed by atoms with E-state index in [4.69, 9.17) is 4.42 Å². The summed E-state index contributed by atoms with van der Waals surface area (Å²) >= 11 is 0. The molecule has 0 fully saturated rings. The lowest BCUT2D eigenvalue weighted by molar-refractivity contribution is 0.498. The Balaban J connectivity index is 1.78. The van der Waals surface area contributed by atoms with Gasteiger partial charge in [-0.15, -0.1) is 0 Å². The Kier molecular flexibility index (Phi) is 5.94. The molecule has 0 saturated carbocycles. The van der Waals surface area contributed by atoms with Gasteiger partial charge < -0.3 is 4.42 Å². The van der Waals surface area contributed by atoms with Gasteiger partial charge in [0.05, 0.1) is 24.3 Å². The summed E-state index contributed by atoms with van der Waals surface area (Å²) in [7, 11) is -7.17. The van der Waals surface area contributed by atoms with Gasteiger partial charge in [-0.05, 0) is 17.7 Å². The van der Waals surface area contributed by atoms with Crippen molar-refractivity contribution < 1.29 is 21.3 Å². The van der Waals surface area contributed by atoms with E-state index in [0.29, 0.717) is 11.3 Å². The van der Waals surface area contributed by atoms with Gasteiger partial charge in [0.15, 0.2) is 0 Å². The molecule has 23 heavy (non-hydrogen) atoms. The summed E-state index contributed by atoms with van der Waals surface area (Å²) in [4.78, 5) is 0. The van der Waals surface area contributed by atoms with Crippen molar-refractivity contribution in [2.45, 2.75) is 12.3 Å². The number of hydrogen-bond donors (Lipinski definition) is 2. The molecule has 0 aliphatic heterocycles. The Hall–Kier alpha value is -1.68. The second-order valence-corrected chi connectivity index (χ2v) is 8.59. The molecule has 0 spiro atoms. The van der Waals surface area contributed by atoms with Gasteiger partial charge in [0.25, 0.3) is 0 Å². The van der Waals surface area contributed by atoms with Crippen LogP contribution in [0, 0.1) is 0 Å². The average molecular weight is 358 g/mol. The van der Waals surface area contributed by atoms with Crippen LogP contribution < -0.4 is 9.44 Å². The summed E-state index contributed by atoms with van der Waals surface area (Å²) in [6, 6.07) is 12.0. The van der Waals surface area contributed by atoms with Crippen molar-refractivity contribution in [3.8, 4) is 0 Å². The normalized spacial score (nSPS) is 12.3. The number of furan rings is 1. The molecule has 0 bridgehead atoms. The smallest absolute Gasteiger partial charge is 0.215 e. The summed E-state index contributed by atoms with van der Waals surface area (Å²) in [6.07, 6.45) is 1.45. The molecule has 2 aromatic rings. The van der Waals surface area contributed by atoms with Crippen LogP contribution in [0.5, 0.6) is 0 Å². The largest absolute Gasteiger partial charge is 0.468 e. The van der Waals surface area contributed by atoms with Crippen LogP contribution >= 0.6 is 0 Å². The van der Waals surface area contributed by atoms with Crippen molar-refractivity contribution in [2.24, 2.45) is 0 Å². The van der Waals surface area contributed by atoms with Gasteiger partial charge in [-0.25, -0.2) is 26.3 Å². The Morgan fingerprint density at radius 3 is 2.26 bits per heavy atom. The van der Waals surface area contributed by atoms with E-state index in [2.05, 4.69) is 9.44 Å². The van der Waals surface area contributed by atoms with Crippen molar-refractivity contribution in [1.29, 1.82) is 0 Å². The van der Waals surface area contributed by atoms with Gasteiger partial charge in [0.2, 0.25) is 20.0 Å². The summed E-state index contributed by atoms with van der Waals surface area (Å²) in [5, 5.41) is 0. The van der Waals surface area contributed by atoms with E-state index >= 15 is 0 Å². The third-order valence-electron chi connectivity index (χ3n) is 2.94. The van der Waals surface area contributed by atoms with E-state index in [0.717, 1.165) is 0 Å². The molecule has 1 heterocycles. The molecule has 0 saturated heterocycles. The standard InChI is InChI=1S/C14H18N2O5S2/c17-22(18,16-11-14-7-4-9-21-14)10-8-15-23(19,20)12-13-5-2-1-3-6-13/h1-7,9,15-16H,8,10-12H2.